The molecule has 21 nitrogen and oxygen atoms in total. The first-order valence-electron chi connectivity index (χ1n) is 24.9. The average Bonchev–Trinajstić information content (AvgIpc) is 2.21. The van der Waals surface area contributed by atoms with Crippen molar-refractivity contribution in [2.75, 3.05) is 19.8 Å². The van der Waals surface area contributed by atoms with E-state index in [0.29, 0.717) is 13.7 Å². The molecule has 0 spiro atoms. The first-order chi connectivity index (χ1) is 41.0. The van der Waals surface area contributed by atoms with Crippen LogP contribution in [0.3, 0.4) is 0 Å². The Bertz CT molecular complexity index is 3680. The van der Waals surface area contributed by atoms with Gasteiger partial charge in [-0.1, -0.05) is 106 Å². The molecular weight excluding hydrogens is 1240 g/mol. The molecule has 7 rings (SSSR count). The smallest absolute Gasteiger partial charge is 0.437 e. The number of aromatic nitrogens is 3. The third-order valence-electron chi connectivity index (χ3n) is 11.6. The molecule has 0 N–H and O–H groups in total. The summed E-state index contributed by atoms with van der Waals surface area (Å²) in [6.07, 6.45) is -15.7. The Labute approximate surface area is 487 Å². The molecule has 6 aromatic carbocycles. The van der Waals surface area contributed by atoms with Crippen molar-refractivity contribution in [3.05, 3.63) is 229 Å². The summed E-state index contributed by atoms with van der Waals surface area (Å²) in [6.45, 7) is -3.73. The quantitative estimate of drug-likeness (QED) is 0.0270. The maximum atomic E-state index is 14.1. The van der Waals surface area contributed by atoms with Crippen molar-refractivity contribution in [3.8, 4) is 17.2 Å². The van der Waals surface area contributed by atoms with E-state index >= 15 is 0 Å². The SMILES string of the molecule is O=c1n(CCOc2ccc(/C(=N/OS(=O)(=O)Cc3ccccc3)C(F)(F)F)cc2)c(=O)n(CCOc2ccc(/C(=N/OS(=O)(=O)Cc3ccccc3)C(F)(F)F)cc2)c(=O)n1CCOc1ccc(/C(=N/OS(=O)(=O)Cc2ccccc2)C(F)(F)F)cc1. The molecule has 0 aliphatic carbocycles. The molecule has 0 atom stereocenters. The lowest BCUT2D eigenvalue weighted by atomic mass is 10.1. The Morgan fingerprint density at radius 1 is 0.345 bits per heavy atom. The summed E-state index contributed by atoms with van der Waals surface area (Å²) in [6, 6.07) is 33.4. The van der Waals surface area contributed by atoms with Crippen LogP contribution in [0, 0.1) is 0 Å². The Kier molecular flexibility index (Phi) is 20.9. The second kappa shape index (κ2) is 27.9. The van der Waals surface area contributed by atoms with Gasteiger partial charge < -0.3 is 14.2 Å². The van der Waals surface area contributed by atoms with Crippen molar-refractivity contribution in [2.45, 2.75) is 55.4 Å². The zero-order chi connectivity index (χ0) is 63.2. The average molecular weight is 1290 g/mol. The highest BCUT2D eigenvalue weighted by molar-refractivity contribution is 7.86. The number of nitrogens with zero attached hydrogens (tertiary/aromatic N) is 6. The van der Waals surface area contributed by atoms with Gasteiger partial charge in [0, 0.05) is 16.7 Å². The van der Waals surface area contributed by atoms with Gasteiger partial charge in [-0.3, -0.25) is 12.9 Å². The molecule has 0 saturated heterocycles. The van der Waals surface area contributed by atoms with Crippen molar-refractivity contribution < 1.29 is 91.8 Å². The lowest BCUT2D eigenvalue weighted by Crippen LogP contribution is -2.55. The second-order valence-corrected chi connectivity index (χ2v) is 22.7. The normalized spacial score (nSPS) is 13.0. The fraction of sp³-hybridized carbons (Fsp3) is 0.222. The summed E-state index contributed by atoms with van der Waals surface area (Å²) in [5, 5.41) is 8.65. The van der Waals surface area contributed by atoms with E-state index in [-0.39, 0.29) is 33.9 Å². The van der Waals surface area contributed by atoms with Gasteiger partial charge in [-0.05, 0) is 89.5 Å². The summed E-state index contributed by atoms with van der Waals surface area (Å²) in [5.41, 5.74) is -10.4. The predicted molar refractivity (Wildman–Crippen MR) is 293 cm³/mol. The van der Waals surface area contributed by atoms with Crippen LogP contribution in [0.15, 0.2) is 194 Å². The van der Waals surface area contributed by atoms with E-state index in [4.69, 9.17) is 14.2 Å². The van der Waals surface area contributed by atoms with Gasteiger partial charge in [0.15, 0.2) is 17.1 Å². The van der Waals surface area contributed by atoms with Gasteiger partial charge in [0.05, 0.1) is 19.6 Å². The molecule has 0 bridgehead atoms. The van der Waals surface area contributed by atoms with E-state index in [1.54, 1.807) is 18.2 Å². The highest BCUT2D eigenvalue weighted by Crippen LogP contribution is 2.28. The highest BCUT2D eigenvalue weighted by Gasteiger charge is 2.41. The van der Waals surface area contributed by atoms with Crippen molar-refractivity contribution in [1.29, 1.82) is 0 Å². The Morgan fingerprint density at radius 2 is 0.563 bits per heavy atom. The standard InChI is InChI=1S/C54H45F9N6O15S3/c55-52(56,57)46(64-82-85(73,74)34-37-10-4-1-5-11-37)40-16-22-43(23-17-40)79-31-28-67-49(70)68(29-32-80-44-24-18-41(19-25-44)47(53(58,59)60)65-83-86(75,76)35-38-12-6-2-7-13-38)51(72)69(50(67)71)30-33-81-45-26-20-42(21-27-45)48(54(61,62)63)66-84-87(77,78)36-39-14-8-3-9-15-39/h1-27H,28-36H2/b64-46-,65-47-,66-48-. The van der Waals surface area contributed by atoms with Crippen LogP contribution in [0.25, 0.3) is 0 Å². The molecule has 0 saturated carbocycles. The van der Waals surface area contributed by atoms with Crippen LogP contribution in [0.4, 0.5) is 39.5 Å². The van der Waals surface area contributed by atoms with E-state index in [2.05, 4.69) is 28.3 Å². The van der Waals surface area contributed by atoms with Crippen LogP contribution in [0.2, 0.25) is 0 Å². The Hall–Kier alpha value is -9.24. The monoisotopic (exact) mass is 1280 g/mol. The molecule has 1 aromatic heterocycles. The summed E-state index contributed by atoms with van der Waals surface area (Å²) >= 11 is 0. The number of ether oxygens (including phenoxy) is 3. The Morgan fingerprint density at radius 3 is 0.770 bits per heavy atom. The molecule has 1 heterocycles. The molecule has 7 aromatic rings. The Balaban J connectivity index is 1.08. The number of hydrogen-bond donors (Lipinski definition) is 0. The molecule has 33 heteroatoms. The predicted octanol–water partition coefficient (Wildman–Crippen LogP) is 7.85. The summed E-state index contributed by atoms with van der Waals surface area (Å²) in [5.74, 6) is -2.85. The molecule has 0 amide bonds. The topological polar surface area (TPSA) is 261 Å². The molecule has 0 radical (unpaired) electrons. The summed E-state index contributed by atoms with van der Waals surface area (Å²) in [7, 11) is -13.9. The maximum absolute atomic E-state index is 14.1. The molecule has 462 valence electrons. The van der Waals surface area contributed by atoms with Crippen LogP contribution in [0.1, 0.15) is 33.4 Å². The van der Waals surface area contributed by atoms with E-state index in [1.165, 1.54) is 72.8 Å². The number of alkyl halides is 9. The largest absolute Gasteiger partial charge is 0.492 e. The maximum Gasteiger partial charge on any atom is 0.437 e. The van der Waals surface area contributed by atoms with Gasteiger partial charge in [0.2, 0.25) is 0 Å². The molecule has 87 heavy (non-hydrogen) atoms. The second-order valence-electron chi connectivity index (χ2n) is 18.0. The molecule has 0 aliphatic heterocycles. The first-order valence-corrected chi connectivity index (χ1v) is 29.7. The van der Waals surface area contributed by atoms with Gasteiger partial charge in [0.25, 0.3) is 0 Å². The van der Waals surface area contributed by atoms with Gasteiger partial charge in [0.1, 0.15) is 54.3 Å². The minimum Gasteiger partial charge on any atom is -0.492 e. The lowest BCUT2D eigenvalue weighted by Gasteiger charge is -2.16. The van der Waals surface area contributed by atoms with Gasteiger partial charge >= 0.3 is 66.0 Å². The van der Waals surface area contributed by atoms with E-state index in [9.17, 15) is 79.2 Å². The number of rotatable bonds is 27. The number of oxime groups is 3. The van der Waals surface area contributed by atoms with Crippen molar-refractivity contribution >= 4 is 47.5 Å². The lowest BCUT2D eigenvalue weighted by molar-refractivity contribution is -0.0606. The number of halogens is 9. The van der Waals surface area contributed by atoms with Crippen molar-refractivity contribution in [1.82, 2.24) is 13.7 Å². The molecule has 0 unspecified atom stereocenters. The van der Waals surface area contributed by atoms with E-state index in [0.717, 1.165) is 72.8 Å². The minimum atomic E-state index is -5.23. The number of benzene rings is 6. The molecule has 0 fully saturated rings. The van der Waals surface area contributed by atoms with Gasteiger partial charge in [-0.15, -0.1) is 0 Å². The zero-order valence-electron chi connectivity index (χ0n) is 44.4. The third kappa shape index (κ3) is 19.1. The highest BCUT2D eigenvalue weighted by atomic mass is 32.2. The van der Waals surface area contributed by atoms with Crippen LogP contribution in [-0.4, -0.2) is 94.4 Å². The number of hydrogen-bond acceptors (Lipinski definition) is 18. The van der Waals surface area contributed by atoms with Crippen LogP contribution in [0.5, 0.6) is 17.2 Å². The van der Waals surface area contributed by atoms with Crippen molar-refractivity contribution in [2.24, 2.45) is 15.5 Å². The summed E-state index contributed by atoms with van der Waals surface area (Å²) < 4.78 is 233. The van der Waals surface area contributed by atoms with Gasteiger partial charge in [-0.25, -0.2) is 28.1 Å². The van der Waals surface area contributed by atoms with Crippen LogP contribution >= 0.6 is 0 Å². The van der Waals surface area contributed by atoms with E-state index < -0.39 is 156 Å². The fourth-order valence-electron chi connectivity index (χ4n) is 7.65. The first kappa shape index (κ1) is 65.3. The molecule has 0 aliphatic rings. The van der Waals surface area contributed by atoms with Crippen molar-refractivity contribution in [3.63, 3.8) is 0 Å². The molecular formula is C54H45F9N6O15S3. The van der Waals surface area contributed by atoms with Crippen LogP contribution < -0.4 is 31.3 Å². The van der Waals surface area contributed by atoms with E-state index in [1.807, 2.05) is 0 Å². The van der Waals surface area contributed by atoms with Gasteiger partial charge in [-0.2, -0.15) is 64.8 Å². The summed E-state index contributed by atoms with van der Waals surface area (Å²) in [4.78, 5) is 41.6. The van der Waals surface area contributed by atoms with Crippen LogP contribution in [-0.2, 0) is 80.1 Å². The zero-order valence-corrected chi connectivity index (χ0v) is 46.8. The third-order valence-corrected chi connectivity index (χ3v) is 14.6. The fourth-order valence-corrected chi connectivity index (χ4v) is 10.2. The minimum absolute atomic E-state index is 0.151.